The average Bonchev–Trinajstić information content (AvgIpc) is 2.33. The molecule has 18 heavy (non-hydrogen) atoms. The van der Waals surface area contributed by atoms with Gasteiger partial charge in [-0.1, -0.05) is 19.0 Å². The van der Waals surface area contributed by atoms with Gasteiger partial charge in [0.1, 0.15) is 17.5 Å². The first kappa shape index (κ1) is 14.2. The summed E-state index contributed by atoms with van der Waals surface area (Å²) in [7, 11) is 0. The van der Waals surface area contributed by atoms with Gasteiger partial charge in [0, 0.05) is 25.7 Å². The topological polar surface area (TPSA) is 87.6 Å². The zero-order valence-corrected chi connectivity index (χ0v) is 11.2. The summed E-state index contributed by atoms with van der Waals surface area (Å²) in [6.07, 6.45) is 2.25. The van der Waals surface area contributed by atoms with Gasteiger partial charge in [-0.3, -0.25) is 0 Å². The maximum Gasteiger partial charge on any atom is 0.140 e. The number of hydrogen-bond donors (Lipinski definition) is 2. The van der Waals surface area contributed by atoms with E-state index in [1.807, 2.05) is 13.0 Å². The Hall–Kier alpha value is -1.85. The highest BCUT2D eigenvalue weighted by atomic mass is 16.4. The lowest BCUT2D eigenvalue weighted by Crippen LogP contribution is -2.32. The number of anilines is 1. The van der Waals surface area contributed by atoms with Gasteiger partial charge in [-0.05, 0) is 18.9 Å². The van der Waals surface area contributed by atoms with Crippen LogP contribution >= 0.6 is 0 Å². The Morgan fingerprint density at radius 2 is 2.28 bits per heavy atom. The molecule has 1 heterocycles. The molecule has 0 aliphatic heterocycles. The van der Waals surface area contributed by atoms with Crippen LogP contribution in [0, 0.1) is 12.8 Å². The highest BCUT2D eigenvalue weighted by molar-refractivity contribution is 5.80. The van der Waals surface area contributed by atoms with Crippen molar-refractivity contribution in [3.05, 3.63) is 18.1 Å². The molecule has 0 atom stereocenters. The number of amidine groups is 1. The molecule has 1 aromatic rings. The third kappa shape index (κ3) is 4.57. The second-order valence-corrected chi connectivity index (χ2v) is 4.64. The second kappa shape index (κ2) is 6.78. The van der Waals surface area contributed by atoms with Gasteiger partial charge in [-0.2, -0.15) is 0 Å². The molecule has 0 saturated carbocycles. The van der Waals surface area contributed by atoms with E-state index in [-0.39, 0.29) is 5.84 Å². The van der Waals surface area contributed by atoms with Crippen LogP contribution in [-0.4, -0.2) is 34.1 Å². The van der Waals surface area contributed by atoms with Gasteiger partial charge >= 0.3 is 0 Å². The van der Waals surface area contributed by atoms with E-state index in [2.05, 4.69) is 33.9 Å². The first-order valence-corrected chi connectivity index (χ1v) is 6.04. The van der Waals surface area contributed by atoms with Gasteiger partial charge in [0.15, 0.2) is 0 Å². The van der Waals surface area contributed by atoms with Gasteiger partial charge in [0.25, 0.3) is 0 Å². The maximum atomic E-state index is 8.56. The highest BCUT2D eigenvalue weighted by Gasteiger charge is 2.11. The fraction of sp³-hybridized carbons (Fsp3) is 0.583. The number of nitrogens with two attached hydrogens (primary N) is 1. The molecule has 0 aromatic carbocycles. The fourth-order valence-electron chi connectivity index (χ4n) is 1.66. The van der Waals surface area contributed by atoms with Crippen LogP contribution in [0.5, 0.6) is 0 Å². The zero-order chi connectivity index (χ0) is 13.5. The molecule has 6 heteroatoms. The molecule has 0 bridgehead atoms. The number of aryl methyl sites for hydroxylation is 1. The number of oxime groups is 1. The average molecular weight is 251 g/mol. The molecule has 0 radical (unpaired) electrons. The first-order valence-electron chi connectivity index (χ1n) is 6.04. The van der Waals surface area contributed by atoms with Crippen molar-refractivity contribution in [3.63, 3.8) is 0 Å². The minimum Gasteiger partial charge on any atom is -0.409 e. The summed E-state index contributed by atoms with van der Waals surface area (Å²) in [5, 5.41) is 11.5. The van der Waals surface area contributed by atoms with E-state index in [0.29, 0.717) is 18.9 Å². The largest absolute Gasteiger partial charge is 0.409 e. The molecule has 3 N–H and O–H groups in total. The second-order valence-electron chi connectivity index (χ2n) is 4.64. The van der Waals surface area contributed by atoms with Crippen molar-refractivity contribution >= 4 is 11.7 Å². The van der Waals surface area contributed by atoms with Gasteiger partial charge in [0.05, 0.1) is 0 Å². The normalized spacial score (nSPS) is 11.9. The molecule has 0 aliphatic rings. The van der Waals surface area contributed by atoms with Crippen LogP contribution in [0.15, 0.2) is 17.4 Å². The molecular formula is C12H21N5O. The summed E-state index contributed by atoms with van der Waals surface area (Å²) in [4.78, 5) is 10.6. The van der Waals surface area contributed by atoms with E-state index in [0.717, 1.165) is 18.2 Å². The Bertz CT molecular complexity index is 405. The smallest absolute Gasteiger partial charge is 0.140 e. The Kier molecular flexibility index (Phi) is 5.35. The number of aromatic nitrogens is 2. The molecule has 1 aromatic heterocycles. The third-order valence-electron chi connectivity index (χ3n) is 2.44. The van der Waals surface area contributed by atoms with Crippen molar-refractivity contribution in [3.8, 4) is 0 Å². The molecular weight excluding hydrogens is 230 g/mol. The monoisotopic (exact) mass is 251 g/mol. The van der Waals surface area contributed by atoms with Gasteiger partial charge in [0.2, 0.25) is 0 Å². The summed E-state index contributed by atoms with van der Waals surface area (Å²) in [5.41, 5.74) is 5.50. The van der Waals surface area contributed by atoms with Gasteiger partial charge in [-0.15, -0.1) is 0 Å². The summed E-state index contributed by atoms with van der Waals surface area (Å²) in [6.45, 7) is 7.69. The van der Waals surface area contributed by atoms with E-state index < -0.39 is 0 Å². The van der Waals surface area contributed by atoms with E-state index in [1.165, 1.54) is 0 Å². The van der Waals surface area contributed by atoms with Crippen LogP contribution in [0.3, 0.4) is 0 Å². The zero-order valence-electron chi connectivity index (χ0n) is 11.2. The van der Waals surface area contributed by atoms with Crippen LogP contribution in [0.2, 0.25) is 0 Å². The van der Waals surface area contributed by atoms with Crippen LogP contribution in [0.4, 0.5) is 5.82 Å². The highest BCUT2D eigenvalue weighted by Crippen LogP contribution is 2.12. The SMILES string of the molecule is Cc1nccc(N(CCC(N)=NO)CC(C)C)n1. The predicted molar refractivity (Wildman–Crippen MR) is 71.8 cm³/mol. The molecule has 1 rings (SSSR count). The quantitative estimate of drug-likeness (QED) is 0.345. The molecule has 0 amide bonds. The van der Waals surface area contributed by atoms with Crippen LogP contribution in [-0.2, 0) is 0 Å². The summed E-state index contributed by atoms with van der Waals surface area (Å²) < 4.78 is 0. The van der Waals surface area contributed by atoms with Crippen molar-refractivity contribution in [1.29, 1.82) is 0 Å². The minimum atomic E-state index is 0.231. The maximum absolute atomic E-state index is 8.56. The first-order chi connectivity index (χ1) is 8.52. The van der Waals surface area contributed by atoms with Crippen molar-refractivity contribution in [1.82, 2.24) is 9.97 Å². The van der Waals surface area contributed by atoms with E-state index in [4.69, 9.17) is 10.9 Å². The Morgan fingerprint density at radius 3 is 2.83 bits per heavy atom. The van der Waals surface area contributed by atoms with Crippen LogP contribution < -0.4 is 10.6 Å². The molecule has 0 unspecified atom stereocenters. The lowest BCUT2D eigenvalue weighted by atomic mass is 10.2. The van der Waals surface area contributed by atoms with E-state index in [1.54, 1.807) is 6.20 Å². The molecule has 0 aliphatic carbocycles. The molecule has 0 fully saturated rings. The third-order valence-corrected chi connectivity index (χ3v) is 2.44. The lowest BCUT2D eigenvalue weighted by Gasteiger charge is -2.25. The number of rotatable bonds is 6. The fourth-order valence-corrected chi connectivity index (χ4v) is 1.66. The minimum absolute atomic E-state index is 0.231. The van der Waals surface area contributed by atoms with Crippen LogP contribution in [0.25, 0.3) is 0 Å². The van der Waals surface area contributed by atoms with Crippen molar-refractivity contribution < 1.29 is 5.21 Å². The summed E-state index contributed by atoms with van der Waals surface area (Å²) in [6, 6.07) is 1.88. The number of hydrogen-bond acceptors (Lipinski definition) is 5. The summed E-state index contributed by atoms with van der Waals surface area (Å²) in [5.74, 6) is 2.36. The molecule has 0 saturated heterocycles. The number of nitrogens with zero attached hydrogens (tertiary/aromatic N) is 4. The summed E-state index contributed by atoms with van der Waals surface area (Å²) >= 11 is 0. The standard InChI is InChI=1S/C12H21N5O/c1-9(2)8-17(7-5-11(13)16-18)12-4-6-14-10(3)15-12/h4,6,9,18H,5,7-8H2,1-3H3,(H2,13,16). The molecule has 100 valence electrons. The van der Waals surface area contributed by atoms with Crippen molar-refractivity contribution in [2.75, 3.05) is 18.0 Å². The van der Waals surface area contributed by atoms with Gasteiger partial charge < -0.3 is 15.8 Å². The van der Waals surface area contributed by atoms with Crippen molar-refractivity contribution in [2.45, 2.75) is 27.2 Å². The van der Waals surface area contributed by atoms with E-state index >= 15 is 0 Å². The predicted octanol–water partition coefficient (Wildman–Crippen LogP) is 1.38. The van der Waals surface area contributed by atoms with Crippen LogP contribution in [0.1, 0.15) is 26.1 Å². The molecule has 6 nitrogen and oxygen atoms in total. The Morgan fingerprint density at radius 1 is 1.56 bits per heavy atom. The van der Waals surface area contributed by atoms with Gasteiger partial charge in [-0.25, -0.2) is 9.97 Å². The van der Waals surface area contributed by atoms with E-state index in [9.17, 15) is 0 Å². The lowest BCUT2D eigenvalue weighted by molar-refractivity contribution is 0.317. The Labute approximate surface area is 108 Å². The van der Waals surface area contributed by atoms with Crippen molar-refractivity contribution in [2.24, 2.45) is 16.8 Å². The molecule has 0 spiro atoms. The Balaban J connectivity index is 2.77.